The Labute approximate surface area is 166 Å². The highest BCUT2D eigenvalue weighted by atomic mass is 16.5. The minimum Gasteiger partial charge on any atom is -0.489 e. The minimum absolute atomic E-state index is 0.0110. The number of ether oxygens (including phenoxy) is 1. The molecule has 1 N–H and O–H groups in total. The fraction of sp³-hybridized carbons (Fsp3) is 0.292. The fourth-order valence-electron chi connectivity index (χ4n) is 3.71. The van der Waals surface area contributed by atoms with E-state index in [-0.39, 0.29) is 12.1 Å². The van der Waals surface area contributed by atoms with Crippen molar-refractivity contribution in [3.05, 3.63) is 89.2 Å². The molecule has 1 aliphatic heterocycles. The SMILES string of the molecule is CC[C@H](C)c1ccc2n1C(=O)N[C@H]2Cc1ccc(OCc2ccccc2)cc1. The number of rotatable bonds is 7. The van der Waals surface area contributed by atoms with Crippen molar-refractivity contribution in [2.75, 3.05) is 0 Å². The first-order valence-electron chi connectivity index (χ1n) is 9.93. The molecule has 4 rings (SSSR count). The second-order valence-electron chi connectivity index (χ2n) is 7.45. The number of nitrogens with zero attached hydrogens (tertiary/aromatic N) is 1. The van der Waals surface area contributed by atoms with E-state index in [0.717, 1.165) is 35.5 Å². The smallest absolute Gasteiger partial charge is 0.326 e. The molecule has 0 saturated carbocycles. The van der Waals surface area contributed by atoms with Gasteiger partial charge >= 0.3 is 6.03 Å². The molecule has 28 heavy (non-hydrogen) atoms. The second kappa shape index (κ2) is 7.93. The van der Waals surface area contributed by atoms with Crippen LogP contribution in [0.4, 0.5) is 4.79 Å². The van der Waals surface area contributed by atoms with Gasteiger partial charge in [-0.3, -0.25) is 4.57 Å². The maximum Gasteiger partial charge on any atom is 0.326 e. The number of amides is 1. The third-order valence-electron chi connectivity index (χ3n) is 5.53. The van der Waals surface area contributed by atoms with E-state index >= 15 is 0 Å². The molecule has 0 radical (unpaired) electrons. The molecule has 4 heteroatoms. The zero-order chi connectivity index (χ0) is 19.5. The highest BCUT2D eigenvalue weighted by Crippen LogP contribution is 2.31. The third-order valence-corrected chi connectivity index (χ3v) is 5.53. The highest BCUT2D eigenvalue weighted by Gasteiger charge is 2.31. The van der Waals surface area contributed by atoms with Crippen molar-refractivity contribution in [1.82, 2.24) is 9.88 Å². The number of hydrogen-bond donors (Lipinski definition) is 1. The number of hydrogen-bond acceptors (Lipinski definition) is 2. The van der Waals surface area contributed by atoms with Crippen molar-refractivity contribution in [2.45, 2.75) is 45.3 Å². The van der Waals surface area contributed by atoms with Crippen molar-refractivity contribution < 1.29 is 9.53 Å². The van der Waals surface area contributed by atoms with Gasteiger partial charge in [-0.15, -0.1) is 0 Å². The Balaban J connectivity index is 1.42. The lowest BCUT2D eigenvalue weighted by molar-refractivity contribution is 0.244. The van der Waals surface area contributed by atoms with Crippen LogP contribution in [0, 0.1) is 0 Å². The number of carbonyl (C=O) groups excluding carboxylic acids is 1. The normalized spacial score (nSPS) is 16.5. The maximum absolute atomic E-state index is 12.5. The molecular formula is C24H26N2O2. The lowest BCUT2D eigenvalue weighted by Gasteiger charge is -2.11. The number of nitrogens with one attached hydrogen (secondary N) is 1. The summed E-state index contributed by atoms with van der Waals surface area (Å²) in [5, 5.41) is 3.12. The summed E-state index contributed by atoms with van der Waals surface area (Å²) in [6, 6.07) is 22.5. The summed E-state index contributed by atoms with van der Waals surface area (Å²) < 4.78 is 7.72. The van der Waals surface area contributed by atoms with Crippen LogP contribution < -0.4 is 10.1 Å². The van der Waals surface area contributed by atoms with E-state index in [1.165, 1.54) is 5.56 Å². The predicted octanol–water partition coefficient (Wildman–Crippen LogP) is 5.44. The molecule has 3 aromatic rings. The molecule has 0 saturated heterocycles. The van der Waals surface area contributed by atoms with E-state index in [1.807, 2.05) is 34.9 Å². The zero-order valence-electron chi connectivity index (χ0n) is 16.4. The molecular weight excluding hydrogens is 348 g/mol. The number of fused-ring (bicyclic) bond motifs is 1. The van der Waals surface area contributed by atoms with Crippen LogP contribution in [0.3, 0.4) is 0 Å². The molecule has 1 aliphatic rings. The lowest BCUT2D eigenvalue weighted by atomic mass is 10.0. The maximum atomic E-state index is 12.5. The minimum atomic E-state index is -0.0110. The molecule has 0 bridgehead atoms. The summed E-state index contributed by atoms with van der Waals surface area (Å²) >= 11 is 0. The van der Waals surface area contributed by atoms with Crippen LogP contribution in [0.1, 0.15) is 54.7 Å². The van der Waals surface area contributed by atoms with Gasteiger partial charge in [0.1, 0.15) is 12.4 Å². The van der Waals surface area contributed by atoms with Crippen LogP contribution in [-0.4, -0.2) is 10.6 Å². The molecule has 1 aromatic heterocycles. The molecule has 1 amide bonds. The van der Waals surface area contributed by atoms with Crippen LogP contribution >= 0.6 is 0 Å². The van der Waals surface area contributed by atoms with Crippen LogP contribution in [-0.2, 0) is 13.0 Å². The Hall–Kier alpha value is -3.01. The van der Waals surface area contributed by atoms with Crippen molar-refractivity contribution in [2.24, 2.45) is 0 Å². The topological polar surface area (TPSA) is 43.3 Å². The van der Waals surface area contributed by atoms with Gasteiger partial charge < -0.3 is 10.1 Å². The van der Waals surface area contributed by atoms with E-state index in [9.17, 15) is 4.79 Å². The molecule has 144 valence electrons. The standard InChI is InChI=1S/C24H26N2O2/c1-3-17(2)22-13-14-23-21(25-24(27)26(22)23)15-18-9-11-20(12-10-18)28-16-19-7-5-4-6-8-19/h4-14,17,21H,3,15-16H2,1-2H3,(H,25,27)/t17-,21-/m0/s1. The van der Waals surface area contributed by atoms with Crippen molar-refractivity contribution in [3.8, 4) is 5.75 Å². The van der Waals surface area contributed by atoms with Gasteiger partial charge in [-0.1, -0.05) is 56.3 Å². The van der Waals surface area contributed by atoms with E-state index in [0.29, 0.717) is 12.5 Å². The van der Waals surface area contributed by atoms with Crippen molar-refractivity contribution >= 4 is 6.03 Å². The van der Waals surface area contributed by atoms with E-state index in [2.05, 4.69) is 55.6 Å². The van der Waals surface area contributed by atoms with Gasteiger partial charge in [0.05, 0.1) is 11.7 Å². The quantitative estimate of drug-likeness (QED) is 0.599. The van der Waals surface area contributed by atoms with Gasteiger partial charge in [0.15, 0.2) is 0 Å². The lowest BCUT2D eigenvalue weighted by Crippen LogP contribution is -2.23. The predicted molar refractivity (Wildman–Crippen MR) is 111 cm³/mol. The number of carbonyl (C=O) groups is 1. The monoisotopic (exact) mass is 374 g/mol. The Kier molecular flexibility index (Phi) is 5.20. The molecule has 2 atom stereocenters. The molecule has 2 heterocycles. The van der Waals surface area contributed by atoms with Crippen LogP contribution in [0.2, 0.25) is 0 Å². The second-order valence-corrected chi connectivity index (χ2v) is 7.45. The summed E-state index contributed by atoms with van der Waals surface area (Å²) in [5.74, 6) is 1.23. The summed E-state index contributed by atoms with van der Waals surface area (Å²) in [4.78, 5) is 12.5. The number of aromatic nitrogens is 1. The van der Waals surface area contributed by atoms with Gasteiger partial charge in [-0.25, -0.2) is 4.79 Å². The Morgan fingerprint density at radius 1 is 1.00 bits per heavy atom. The average molecular weight is 374 g/mol. The summed E-state index contributed by atoms with van der Waals surface area (Å²) in [6.45, 7) is 4.87. The first kappa shape index (κ1) is 18.4. The third kappa shape index (κ3) is 3.68. The first-order valence-corrected chi connectivity index (χ1v) is 9.93. The Bertz CT molecular complexity index is 944. The highest BCUT2D eigenvalue weighted by molar-refractivity contribution is 5.82. The molecule has 0 spiro atoms. The van der Waals surface area contributed by atoms with Gasteiger partial charge in [0.25, 0.3) is 0 Å². The molecule has 0 fully saturated rings. The van der Waals surface area contributed by atoms with E-state index < -0.39 is 0 Å². The Morgan fingerprint density at radius 2 is 1.75 bits per heavy atom. The average Bonchev–Trinajstić information content (AvgIpc) is 3.30. The first-order chi connectivity index (χ1) is 13.7. The van der Waals surface area contributed by atoms with Crippen LogP contribution in [0.15, 0.2) is 66.7 Å². The largest absolute Gasteiger partial charge is 0.489 e. The summed E-state index contributed by atoms with van der Waals surface area (Å²) in [5.41, 5.74) is 4.49. The number of benzene rings is 2. The molecule has 0 aliphatic carbocycles. The molecule has 2 aromatic carbocycles. The Morgan fingerprint density at radius 3 is 2.46 bits per heavy atom. The van der Waals surface area contributed by atoms with Crippen LogP contribution in [0.25, 0.3) is 0 Å². The molecule has 0 unspecified atom stereocenters. The van der Waals surface area contributed by atoms with Crippen LogP contribution in [0.5, 0.6) is 5.75 Å². The van der Waals surface area contributed by atoms with Crippen molar-refractivity contribution in [3.63, 3.8) is 0 Å². The van der Waals surface area contributed by atoms with Crippen molar-refractivity contribution in [1.29, 1.82) is 0 Å². The molecule has 4 nitrogen and oxygen atoms in total. The van der Waals surface area contributed by atoms with E-state index in [4.69, 9.17) is 4.74 Å². The zero-order valence-corrected chi connectivity index (χ0v) is 16.4. The van der Waals surface area contributed by atoms with E-state index in [1.54, 1.807) is 0 Å². The van der Waals surface area contributed by atoms with Gasteiger partial charge in [0, 0.05) is 5.69 Å². The van der Waals surface area contributed by atoms with Gasteiger partial charge in [-0.2, -0.15) is 0 Å². The fourth-order valence-corrected chi connectivity index (χ4v) is 3.71. The summed E-state index contributed by atoms with van der Waals surface area (Å²) in [7, 11) is 0. The summed E-state index contributed by atoms with van der Waals surface area (Å²) in [6.07, 6.45) is 1.79. The van der Waals surface area contributed by atoms with Gasteiger partial charge in [0.2, 0.25) is 0 Å². The van der Waals surface area contributed by atoms with Gasteiger partial charge in [-0.05, 0) is 54.2 Å².